The van der Waals surface area contributed by atoms with Crippen molar-refractivity contribution in [3.8, 4) is 0 Å². The summed E-state index contributed by atoms with van der Waals surface area (Å²) < 4.78 is 4.82. The summed E-state index contributed by atoms with van der Waals surface area (Å²) in [7, 11) is 1.22. The van der Waals surface area contributed by atoms with E-state index in [2.05, 4.69) is 15.3 Å². The number of fused-ring (bicyclic) bond motifs is 4. The van der Waals surface area contributed by atoms with Gasteiger partial charge in [0.05, 0.1) is 18.0 Å². The van der Waals surface area contributed by atoms with Crippen LogP contribution in [0.1, 0.15) is 40.2 Å². The van der Waals surface area contributed by atoms with Crippen LogP contribution in [-0.2, 0) is 27.4 Å². The van der Waals surface area contributed by atoms with Crippen molar-refractivity contribution in [3.63, 3.8) is 0 Å². The summed E-state index contributed by atoms with van der Waals surface area (Å²) in [5, 5.41) is 14.7. The molecule has 1 atom stereocenters. The van der Waals surface area contributed by atoms with Gasteiger partial charge in [0.15, 0.2) is 0 Å². The molecule has 1 aromatic heterocycles. The molecule has 1 amide bonds. The first kappa shape index (κ1) is 24.9. The van der Waals surface area contributed by atoms with E-state index in [1.165, 1.54) is 12.0 Å². The Hall–Kier alpha value is -4.73. The fraction of sp³-hybridized carbons (Fsp3) is 0.250. The number of esters is 1. The second-order valence-corrected chi connectivity index (χ2v) is 9.30. The summed E-state index contributed by atoms with van der Waals surface area (Å²) >= 11 is 0. The van der Waals surface area contributed by atoms with Crippen LogP contribution in [0.5, 0.6) is 0 Å². The molecule has 3 aromatic carbocycles. The number of ether oxygens (including phenoxy) is 1. The Morgan fingerprint density at radius 1 is 1.16 bits per heavy atom. The number of hydrogen-bond donors (Lipinski definition) is 3. The van der Waals surface area contributed by atoms with E-state index in [9.17, 15) is 19.2 Å². The van der Waals surface area contributed by atoms with Crippen molar-refractivity contribution >= 4 is 45.2 Å². The summed E-state index contributed by atoms with van der Waals surface area (Å²) in [5.41, 5.74) is 3.42. The summed E-state index contributed by atoms with van der Waals surface area (Å²) in [6.45, 7) is 2.41. The molecule has 0 radical (unpaired) electrons. The Balaban J connectivity index is 1.36. The third-order valence-corrected chi connectivity index (χ3v) is 6.79. The van der Waals surface area contributed by atoms with E-state index >= 15 is 0 Å². The summed E-state index contributed by atoms with van der Waals surface area (Å²) in [5.74, 6) is -1.46. The third kappa shape index (κ3) is 4.68. The van der Waals surface area contributed by atoms with Gasteiger partial charge in [-0.05, 0) is 65.6 Å². The molecule has 0 fully saturated rings. The standard InChI is InChI=1S/C28H26N4O6/c1-15-30-22-8-5-17-4-3-16(11-21(17)25(22)26(35)31-15)13-29-19-6-7-20-18(12-19)14-32(27(20)36)23(28(37)38-2)9-10-24(33)34/h3-8,11-12,23,29H,9-10,13-14H2,1-2H3,(H,33,34)(H,30,31,35). The van der Waals surface area contributed by atoms with Crippen LogP contribution >= 0.6 is 0 Å². The molecule has 1 aliphatic rings. The highest BCUT2D eigenvalue weighted by atomic mass is 16.5. The topological polar surface area (TPSA) is 142 Å². The number of aryl methyl sites for hydroxylation is 1. The predicted molar refractivity (Wildman–Crippen MR) is 141 cm³/mol. The number of aromatic amines is 1. The number of methoxy groups -OCH3 is 1. The first-order valence-electron chi connectivity index (χ1n) is 12.1. The molecule has 3 N–H and O–H groups in total. The van der Waals surface area contributed by atoms with Gasteiger partial charge in [-0.3, -0.25) is 14.4 Å². The van der Waals surface area contributed by atoms with E-state index in [4.69, 9.17) is 9.84 Å². The Morgan fingerprint density at radius 2 is 1.95 bits per heavy atom. The molecule has 0 saturated carbocycles. The van der Waals surface area contributed by atoms with Gasteiger partial charge in [-0.1, -0.05) is 18.2 Å². The molecule has 10 nitrogen and oxygen atoms in total. The number of benzene rings is 3. The van der Waals surface area contributed by atoms with Crippen LogP contribution in [0, 0.1) is 6.92 Å². The number of hydrogen-bond acceptors (Lipinski definition) is 7. The number of carboxylic acid groups (broad SMARTS) is 1. The molecule has 38 heavy (non-hydrogen) atoms. The SMILES string of the molecule is COC(=O)C(CCC(=O)O)N1Cc2cc(NCc3ccc4ccc5nc(C)[nH]c(=O)c5c4c3)ccc2C1=O. The van der Waals surface area contributed by atoms with Crippen LogP contribution in [0.25, 0.3) is 21.7 Å². The van der Waals surface area contributed by atoms with Crippen molar-refractivity contribution < 1.29 is 24.2 Å². The second kappa shape index (κ2) is 9.97. The van der Waals surface area contributed by atoms with Crippen LogP contribution in [0.4, 0.5) is 5.69 Å². The Bertz CT molecular complexity index is 1660. The van der Waals surface area contributed by atoms with Crippen LogP contribution in [0.15, 0.2) is 53.3 Å². The molecule has 10 heteroatoms. The van der Waals surface area contributed by atoms with Crippen LogP contribution in [0.3, 0.4) is 0 Å². The lowest BCUT2D eigenvalue weighted by atomic mass is 10.0. The number of amides is 1. The average molecular weight is 515 g/mol. The van der Waals surface area contributed by atoms with Gasteiger partial charge < -0.3 is 25.0 Å². The first-order valence-corrected chi connectivity index (χ1v) is 12.1. The highest BCUT2D eigenvalue weighted by molar-refractivity contribution is 6.06. The molecule has 4 aromatic rings. The smallest absolute Gasteiger partial charge is 0.328 e. The largest absolute Gasteiger partial charge is 0.481 e. The van der Waals surface area contributed by atoms with Crippen molar-refractivity contribution in [2.75, 3.05) is 12.4 Å². The highest BCUT2D eigenvalue weighted by Crippen LogP contribution is 2.29. The third-order valence-electron chi connectivity index (χ3n) is 6.79. The number of carbonyl (C=O) groups excluding carboxylic acids is 2. The van der Waals surface area contributed by atoms with Gasteiger partial charge >= 0.3 is 11.9 Å². The van der Waals surface area contributed by atoms with E-state index < -0.39 is 18.0 Å². The Morgan fingerprint density at radius 3 is 2.71 bits per heavy atom. The fourth-order valence-electron chi connectivity index (χ4n) is 4.94. The molecule has 0 aliphatic carbocycles. The van der Waals surface area contributed by atoms with Crippen molar-refractivity contribution in [3.05, 3.63) is 81.4 Å². The molecule has 0 bridgehead atoms. The quantitative estimate of drug-likeness (QED) is 0.240. The molecule has 2 heterocycles. The molecule has 1 unspecified atom stereocenters. The lowest BCUT2D eigenvalue weighted by Gasteiger charge is -2.25. The van der Waals surface area contributed by atoms with Crippen molar-refractivity contribution in [1.82, 2.24) is 14.9 Å². The molecular weight excluding hydrogens is 488 g/mol. The van der Waals surface area contributed by atoms with Crippen molar-refractivity contribution in [2.45, 2.75) is 38.9 Å². The van der Waals surface area contributed by atoms with E-state index in [1.54, 1.807) is 19.1 Å². The Kier molecular flexibility index (Phi) is 6.54. The number of nitrogens with one attached hydrogen (secondary N) is 2. The maximum atomic E-state index is 13.0. The minimum Gasteiger partial charge on any atom is -0.481 e. The minimum absolute atomic E-state index is 0.0264. The van der Waals surface area contributed by atoms with Crippen LogP contribution in [-0.4, -0.2) is 51.0 Å². The van der Waals surface area contributed by atoms with Crippen LogP contribution in [0.2, 0.25) is 0 Å². The van der Waals surface area contributed by atoms with E-state index in [1.807, 2.05) is 36.4 Å². The van der Waals surface area contributed by atoms with E-state index in [0.29, 0.717) is 28.8 Å². The van der Waals surface area contributed by atoms with Crippen molar-refractivity contribution in [2.24, 2.45) is 0 Å². The number of H-pyrrole nitrogens is 1. The van der Waals surface area contributed by atoms with Gasteiger partial charge in [-0.2, -0.15) is 0 Å². The number of carbonyl (C=O) groups is 3. The molecular formula is C28H26N4O6. The van der Waals surface area contributed by atoms with Gasteiger partial charge in [0.2, 0.25) is 0 Å². The molecule has 1 aliphatic heterocycles. The number of aliphatic carboxylic acids is 1. The van der Waals surface area contributed by atoms with Crippen molar-refractivity contribution in [1.29, 1.82) is 0 Å². The molecule has 0 spiro atoms. The average Bonchev–Trinajstić information content (AvgIpc) is 3.21. The fourth-order valence-corrected chi connectivity index (χ4v) is 4.94. The number of aromatic nitrogens is 2. The number of carboxylic acids is 1. The molecule has 0 saturated heterocycles. The van der Waals surface area contributed by atoms with E-state index in [0.717, 1.165) is 27.6 Å². The monoisotopic (exact) mass is 514 g/mol. The molecule has 5 rings (SSSR count). The zero-order valence-corrected chi connectivity index (χ0v) is 20.9. The summed E-state index contributed by atoms with van der Waals surface area (Å²) in [6.07, 6.45) is -0.281. The highest BCUT2D eigenvalue weighted by Gasteiger charge is 2.37. The zero-order chi connectivity index (χ0) is 27.0. The minimum atomic E-state index is -1.05. The first-order chi connectivity index (χ1) is 18.2. The number of rotatable bonds is 8. The Labute approximate surface area is 217 Å². The molecule has 194 valence electrons. The van der Waals surface area contributed by atoms with Gasteiger partial charge in [0.25, 0.3) is 11.5 Å². The summed E-state index contributed by atoms with van der Waals surface area (Å²) in [4.78, 5) is 57.6. The van der Waals surface area contributed by atoms with E-state index in [-0.39, 0.29) is 30.9 Å². The zero-order valence-electron chi connectivity index (χ0n) is 20.9. The van der Waals surface area contributed by atoms with Gasteiger partial charge in [-0.25, -0.2) is 9.78 Å². The maximum absolute atomic E-state index is 13.0. The maximum Gasteiger partial charge on any atom is 0.328 e. The van der Waals surface area contributed by atoms with Crippen LogP contribution < -0.4 is 10.9 Å². The predicted octanol–water partition coefficient (Wildman–Crippen LogP) is 3.36. The second-order valence-electron chi connectivity index (χ2n) is 9.30. The number of nitrogens with zero attached hydrogens (tertiary/aromatic N) is 2. The lowest BCUT2D eigenvalue weighted by Crippen LogP contribution is -2.42. The normalized spacial score (nSPS) is 13.5. The number of anilines is 1. The van der Waals surface area contributed by atoms with Gasteiger partial charge in [0, 0.05) is 30.8 Å². The van der Waals surface area contributed by atoms with Gasteiger partial charge in [-0.15, -0.1) is 0 Å². The summed E-state index contributed by atoms with van der Waals surface area (Å²) in [6, 6.07) is 14.1. The lowest BCUT2D eigenvalue weighted by molar-refractivity contribution is -0.147. The van der Waals surface area contributed by atoms with Gasteiger partial charge in [0.1, 0.15) is 11.9 Å².